The Hall–Kier alpha value is -1.12. The van der Waals surface area contributed by atoms with Gasteiger partial charge in [0.1, 0.15) is 6.10 Å². The third-order valence-corrected chi connectivity index (χ3v) is 2.33. The highest BCUT2D eigenvalue weighted by Gasteiger charge is 2.22. The van der Waals surface area contributed by atoms with Gasteiger partial charge in [-0.05, 0) is 17.7 Å². The molecule has 1 N–H and O–H groups in total. The number of aliphatic hydroxyl groups is 1. The molecule has 0 amide bonds. The summed E-state index contributed by atoms with van der Waals surface area (Å²) in [7, 11) is 0. The summed E-state index contributed by atoms with van der Waals surface area (Å²) in [6.07, 6.45) is 2.57. The van der Waals surface area contributed by atoms with Crippen molar-refractivity contribution in [3.05, 3.63) is 47.8 Å². The van der Waals surface area contributed by atoms with Crippen LogP contribution in [0.3, 0.4) is 0 Å². The minimum atomic E-state index is -0.723. The average Bonchev–Trinajstić information content (AvgIpc) is 2.15. The Morgan fingerprint density at radius 1 is 1.54 bits per heavy atom. The van der Waals surface area contributed by atoms with Gasteiger partial charge in [0, 0.05) is 11.8 Å². The molecule has 66 valence electrons. The summed E-state index contributed by atoms with van der Waals surface area (Å²) in [4.78, 5) is 4.06. The number of rotatable bonds is 0. The van der Waals surface area contributed by atoms with E-state index in [0.717, 1.165) is 5.56 Å². The van der Waals surface area contributed by atoms with Crippen molar-refractivity contribution in [2.75, 3.05) is 0 Å². The third kappa shape index (κ3) is 1.28. The quantitative estimate of drug-likeness (QED) is 0.686. The number of halogens is 1. The Morgan fingerprint density at radius 2 is 2.31 bits per heavy atom. The van der Waals surface area contributed by atoms with E-state index < -0.39 is 6.10 Å². The number of aliphatic hydroxyl groups excluding tert-OH is 1. The van der Waals surface area contributed by atoms with E-state index in [2.05, 4.69) is 11.6 Å². The molecule has 1 aliphatic carbocycles. The van der Waals surface area contributed by atoms with Gasteiger partial charge >= 0.3 is 0 Å². The number of nitrogens with zero attached hydrogens (tertiary/aromatic N) is 1. The molecule has 2 rings (SSSR count). The lowest BCUT2D eigenvalue weighted by atomic mass is 9.97. The Balaban J connectivity index is 2.65. The first kappa shape index (κ1) is 8.48. The maximum atomic E-state index is 9.68. The molecular formula is C10H8ClNO. The normalized spacial score (nSPS) is 20.9. The van der Waals surface area contributed by atoms with Crippen LogP contribution in [0, 0.1) is 0 Å². The molecule has 0 saturated carbocycles. The van der Waals surface area contributed by atoms with E-state index in [4.69, 9.17) is 11.6 Å². The highest BCUT2D eigenvalue weighted by Crippen LogP contribution is 2.35. The lowest BCUT2D eigenvalue weighted by Gasteiger charge is -2.19. The number of hydrogen-bond donors (Lipinski definition) is 1. The van der Waals surface area contributed by atoms with Crippen LogP contribution in [0.2, 0.25) is 0 Å². The highest BCUT2D eigenvalue weighted by atomic mass is 35.5. The summed E-state index contributed by atoms with van der Waals surface area (Å²) >= 11 is 5.96. The minimum absolute atomic E-state index is 0.580. The summed E-state index contributed by atoms with van der Waals surface area (Å²) < 4.78 is 0. The summed E-state index contributed by atoms with van der Waals surface area (Å²) in [5, 5.41) is 10.3. The zero-order valence-electron chi connectivity index (χ0n) is 6.87. The second-order valence-electron chi connectivity index (χ2n) is 2.91. The molecule has 1 unspecified atom stereocenters. The molecule has 13 heavy (non-hydrogen) atoms. The van der Waals surface area contributed by atoms with Crippen LogP contribution in [0.4, 0.5) is 0 Å². The number of fused-ring (bicyclic) bond motifs is 1. The van der Waals surface area contributed by atoms with Gasteiger partial charge in [0.15, 0.2) is 0 Å². The van der Waals surface area contributed by atoms with Crippen molar-refractivity contribution in [2.45, 2.75) is 6.10 Å². The van der Waals surface area contributed by atoms with Crippen LogP contribution < -0.4 is 0 Å². The monoisotopic (exact) mass is 193 g/mol. The van der Waals surface area contributed by atoms with Crippen molar-refractivity contribution in [2.24, 2.45) is 0 Å². The van der Waals surface area contributed by atoms with Crippen LogP contribution in [0.1, 0.15) is 17.4 Å². The molecule has 0 saturated heterocycles. The fourth-order valence-electron chi connectivity index (χ4n) is 1.33. The zero-order valence-corrected chi connectivity index (χ0v) is 7.62. The third-order valence-electron chi connectivity index (χ3n) is 2.02. The first-order chi connectivity index (χ1) is 6.20. The lowest BCUT2D eigenvalue weighted by Crippen LogP contribution is -2.08. The van der Waals surface area contributed by atoms with E-state index in [0.29, 0.717) is 16.3 Å². The van der Waals surface area contributed by atoms with Crippen LogP contribution in [0.15, 0.2) is 36.6 Å². The SMILES string of the molecule is C=C1C=C(Cl)c2cccnc2C1O. The number of pyridine rings is 1. The molecule has 1 atom stereocenters. The molecule has 0 radical (unpaired) electrons. The van der Waals surface area contributed by atoms with Gasteiger partial charge in [0.05, 0.1) is 10.7 Å². The van der Waals surface area contributed by atoms with Gasteiger partial charge in [-0.15, -0.1) is 0 Å². The Labute approximate surface area is 81.2 Å². The fraction of sp³-hybridized carbons (Fsp3) is 0.100. The van der Waals surface area contributed by atoms with Crippen molar-refractivity contribution < 1.29 is 5.11 Å². The van der Waals surface area contributed by atoms with E-state index in [1.807, 2.05) is 6.07 Å². The van der Waals surface area contributed by atoms with E-state index in [1.165, 1.54) is 0 Å². The summed E-state index contributed by atoms with van der Waals surface area (Å²) in [6.45, 7) is 3.69. The second kappa shape index (κ2) is 2.98. The second-order valence-corrected chi connectivity index (χ2v) is 3.31. The van der Waals surface area contributed by atoms with E-state index in [9.17, 15) is 5.11 Å². The van der Waals surface area contributed by atoms with Crippen molar-refractivity contribution in [1.29, 1.82) is 0 Å². The van der Waals surface area contributed by atoms with Crippen LogP contribution in [-0.4, -0.2) is 10.1 Å². The van der Waals surface area contributed by atoms with Crippen molar-refractivity contribution in [3.63, 3.8) is 0 Å². The molecule has 1 aliphatic rings. The lowest BCUT2D eigenvalue weighted by molar-refractivity contribution is 0.214. The van der Waals surface area contributed by atoms with Gasteiger partial charge in [-0.2, -0.15) is 0 Å². The summed E-state index contributed by atoms with van der Waals surface area (Å²) in [5.74, 6) is 0. The van der Waals surface area contributed by atoms with Gasteiger partial charge in [-0.1, -0.05) is 24.2 Å². The Morgan fingerprint density at radius 3 is 3.08 bits per heavy atom. The maximum absolute atomic E-state index is 9.68. The smallest absolute Gasteiger partial charge is 0.121 e. The molecular weight excluding hydrogens is 186 g/mol. The molecule has 1 aromatic rings. The molecule has 0 aromatic carbocycles. The highest BCUT2D eigenvalue weighted by molar-refractivity contribution is 6.49. The van der Waals surface area contributed by atoms with Gasteiger partial charge in [0.2, 0.25) is 0 Å². The van der Waals surface area contributed by atoms with Crippen molar-refractivity contribution in [3.8, 4) is 0 Å². The van der Waals surface area contributed by atoms with E-state index in [1.54, 1.807) is 18.3 Å². The average molecular weight is 194 g/mol. The van der Waals surface area contributed by atoms with Crippen LogP contribution in [-0.2, 0) is 0 Å². The predicted octanol–water partition coefficient (Wildman–Crippen LogP) is 2.26. The van der Waals surface area contributed by atoms with Crippen LogP contribution in [0.5, 0.6) is 0 Å². The van der Waals surface area contributed by atoms with Gasteiger partial charge in [0.25, 0.3) is 0 Å². The van der Waals surface area contributed by atoms with Gasteiger partial charge in [-0.25, -0.2) is 0 Å². The van der Waals surface area contributed by atoms with E-state index >= 15 is 0 Å². The van der Waals surface area contributed by atoms with Crippen molar-refractivity contribution >= 4 is 16.6 Å². The van der Waals surface area contributed by atoms with Crippen LogP contribution >= 0.6 is 11.6 Å². The largest absolute Gasteiger partial charge is 0.382 e. The minimum Gasteiger partial charge on any atom is -0.382 e. The topological polar surface area (TPSA) is 33.1 Å². The molecule has 3 heteroatoms. The first-order valence-electron chi connectivity index (χ1n) is 3.89. The molecule has 0 fully saturated rings. The van der Waals surface area contributed by atoms with Crippen molar-refractivity contribution in [1.82, 2.24) is 4.98 Å². The number of aromatic nitrogens is 1. The summed E-state index contributed by atoms with van der Waals surface area (Å²) in [6, 6.07) is 3.62. The number of hydrogen-bond acceptors (Lipinski definition) is 2. The molecule has 1 heterocycles. The zero-order chi connectivity index (χ0) is 9.42. The van der Waals surface area contributed by atoms with Gasteiger partial charge < -0.3 is 5.11 Å². The molecule has 0 aliphatic heterocycles. The molecule has 0 bridgehead atoms. The Kier molecular flexibility index (Phi) is 1.94. The Bertz CT molecular complexity index is 398. The van der Waals surface area contributed by atoms with Crippen LogP contribution in [0.25, 0.3) is 5.03 Å². The van der Waals surface area contributed by atoms with E-state index in [-0.39, 0.29) is 0 Å². The summed E-state index contributed by atoms with van der Waals surface area (Å²) in [5.41, 5.74) is 1.94. The maximum Gasteiger partial charge on any atom is 0.121 e. The predicted molar refractivity (Wildman–Crippen MR) is 52.2 cm³/mol. The standard InChI is InChI=1S/C10H8ClNO/c1-6-5-8(11)7-3-2-4-12-9(7)10(6)13/h2-5,10,13H,1H2. The fourth-order valence-corrected chi connectivity index (χ4v) is 1.63. The van der Waals surface area contributed by atoms with Gasteiger partial charge in [-0.3, -0.25) is 4.98 Å². The first-order valence-corrected chi connectivity index (χ1v) is 4.27. The molecule has 1 aromatic heterocycles. The molecule has 0 spiro atoms. The molecule has 2 nitrogen and oxygen atoms in total.